The Hall–Kier alpha value is -1.16. The first-order chi connectivity index (χ1) is 9.50. The second kappa shape index (κ2) is 6.08. The van der Waals surface area contributed by atoms with Crippen LogP contribution in [0.4, 0.5) is 4.39 Å². The lowest BCUT2D eigenvalue weighted by molar-refractivity contribution is 0.0588. The number of halogens is 2. The average Bonchev–Trinajstić information content (AvgIpc) is 2.46. The topological polar surface area (TPSA) is 44.1 Å². The summed E-state index contributed by atoms with van der Waals surface area (Å²) in [4.78, 5) is 14.1. The zero-order valence-electron chi connectivity index (χ0n) is 11.3. The first-order valence-corrected chi connectivity index (χ1v) is 7.72. The number of rotatable bonds is 2. The van der Waals surface area contributed by atoms with E-state index in [0.29, 0.717) is 22.0 Å². The van der Waals surface area contributed by atoms with Crippen LogP contribution in [0.5, 0.6) is 0 Å². The lowest BCUT2D eigenvalue weighted by Gasteiger charge is -2.39. The highest BCUT2D eigenvalue weighted by Crippen LogP contribution is 2.33. The molecule has 20 heavy (non-hydrogen) atoms. The molecule has 0 spiro atoms. The Kier molecular flexibility index (Phi) is 4.63. The van der Waals surface area contributed by atoms with Gasteiger partial charge < -0.3 is 4.90 Å². The molecular weight excluding hydrogens is 370 g/mol. The van der Waals surface area contributed by atoms with Gasteiger partial charge in [0.2, 0.25) is 0 Å². The summed E-state index contributed by atoms with van der Waals surface area (Å²) in [5.74, 6) is -0.570. The summed E-state index contributed by atoms with van der Waals surface area (Å²) in [6.07, 6.45) is 4.46. The summed E-state index contributed by atoms with van der Waals surface area (Å²) < 4.78 is 13.7. The molecular formula is C15H16FIN2O. The molecule has 1 fully saturated rings. The van der Waals surface area contributed by atoms with Crippen LogP contribution in [0.25, 0.3) is 0 Å². The molecule has 106 valence electrons. The summed E-state index contributed by atoms with van der Waals surface area (Å²) in [5, 5.41) is 9.52. The van der Waals surface area contributed by atoms with Gasteiger partial charge in [-0.2, -0.15) is 5.26 Å². The van der Waals surface area contributed by atoms with Crippen LogP contribution in [-0.2, 0) is 0 Å². The maximum atomic E-state index is 13.1. The van der Waals surface area contributed by atoms with E-state index in [-0.39, 0.29) is 11.7 Å². The van der Waals surface area contributed by atoms with Crippen LogP contribution in [0.15, 0.2) is 18.2 Å². The van der Waals surface area contributed by atoms with Crippen molar-refractivity contribution in [3.63, 3.8) is 0 Å². The molecule has 0 saturated heterocycles. The largest absolute Gasteiger partial charge is 0.323 e. The first kappa shape index (κ1) is 15.2. The van der Waals surface area contributed by atoms with Gasteiger partial charge in [0.15, 0.2) is 0 Å². The minimum absolute atomic E-state index is 0.210. The number of hydrogen-bond donors (Lipinski definition) is 0. The zero-order chi connectivity index (χ0) is 14.8. The second-order valence-corrected chi connectivity index (χ2v) is 6.35. The van der Waals surface area contributed by atoms with E-state index in [9.17, 15) is 14.4 Å². The molecule has 1 aliphatic carbocycles. The Morgan fingerprint density at radius 2 is 2.05 bits per heavy atom. The van der Waals surface area contributed by atoms with Gasteiger partial charge in [-0.05, 0) is 53.6 Å². The summed E-state index contributed by atoms with van der Waals surface area (Å²) >= 11 is 1.95. The molecule has 0 aromatic heterocycles. The number of nitrogens with zero attached hydrogens (tertiary/aromatic N) is 2. The lowest BCUT2D eigenvalue weighted by atomic mass is 9.81. The molecule has 0 aliphatic heterocycles. The first-order valence-electron chi connectivity index (χ1n) is 6.65. The van der Waals surface area contributed by atoms with E-state index in [0.717, 1.165) is 19.3 Å². The van der Waals surface area contributed by atoms with Gasteiger partial charge >= 0.3 is 0 Å². The minimum atomic E-state index is -0.715. The molecule has 0 radical (unpaired) electrons. The highest BCUT2D eigenvalue weighted by Gasteiger charge is 2.39. The molecule has 1 amide bonds. The van der Waals surface area contributed by atoms with Gasteiger partial charge in [0, 0.05) is 10.6 Å². The lowest BCUT2D eigenvalue weighted by Crippen LogP contribution is -2.50. The van der Waals surface area contributed by atoms with Gasteiger partial charge in [0.1, 0.15) is 11.4 Å². The van der Waals surface area contributed by atoms with Crippen molar-refractivity contribution in [1.29, 1.82) is 5.26 Å². The molecule has 1 aromatic rings. The van der Waals surface area contributed by atoms with Crippen LogP contribution in [-0.4, -0.2) is 23.4 Å². The van der Waals surface area contributed by atoms with Crippen LogP contribution in [0, 0.1) is 20.7 Å². The Morgan fingerprint density at radius 3 is 2.60 bits per heavy atom. The quantitative estimate of drug-likeness (QED) is 0.728. The number of hydrogen-bond acceptors (Lipinski definition) is 2. The number of benzene rings is 1. The third kappa shape index (κ3) is 2.80. The maximum absolute atomic E-state index is 13.1. The normalized spacial score (nSPS) is 17.3. The van der Waals surface area contributed by atoms with E-state index in [2.05, 4.69) is 6.07 Å². The fourth-order valence-corrected chi connectivity index (χ4v) is 3.40. The predicted molar refractivity (Wildman–Crippen MR) is 82.6 cm³/mol. The van der Waals surface area contributed by atoms with Crippen molar-refractivity contribution in [2.24, 2.45) is 0 Å². The highest BCUT2D eigenvalue weighted by molar-refractivity contribution is 14.1. The fourth-order valence-electron chi connectivity index (χ4n) is 2.70. The smallest absolute Gasteiger partial charge is 0.255 e. The van der Waals surface area contributed by atoms with Gasteiger partial charge in [-0.3, -0.25) is 4.79 Å². The molecule has 0 bridgehead atoms. The van der Waals surface area contributed by atoms with Crippen molar-refractivity contribution in [3.05, 3.63) is 33.1 Å². The molecule has 3 nitrogen and oxygen atoms in total. The van der Waals surface area contributed by atoms with Crippen LogP contribution in [0.1, 0.15) is 42.5 Å². The highest BCUT2D eigenvalue weighted by atomic mass is 127. The van der Waals surface area contributed by atoms with Crippen LogP contribution < -0.4 is 0 Å². The summed E-state index contributed by atoms with van der Waals surface area (Å²) in [5.41, 5.74) is -0.262. The molecule has 1 saturated carbocycles. The van der Waals surface area contributed by atoms with Crippen molar-refractivity contribution in [3.8, 4) is 6.07 Å². The van der Waals surface area contributed by atoms with Crippen LogP contribution in [0.3, 0.4) is 0 Å². The standard InChI is InChI=1S/C15H16FIN2O/c1-19(15(10-18)7-3-2-4-8-15)14(20)12-6-5-11(16)9-13(12)17/h5-6,9H,2-4,7-8H2,1H3. The van der Waals surface area contributed by atoms with Gasteiger partial charge in [0.25, 0.3) is 5.91 Å². The van der Waals surface area contributed by atoms with E-state index < -0.39 is 5.54 Å². The van der Waals surface area contributed by atoms with E-state index in [1.807, 2.05) is 22.6 Å². The maximum Gasteiger partial charge on any atom is 0.255 e. The third-order valence-corrected chi connectivity index (χ3v) is 4.89. The van der Waals surface area contributed by atoms with Crippen LogP contribution in [0.2, 0.25) is 0 Å². The Balaban J connectivity index is 2.30. The third-order valence-electron chi connectivity index (χ3n) is 4.00. The Morgan fingerprint density at radius 1 is 1.40 bits per heavy atom. The molecule has 1 aliphatic rings. The van der Waals surface area contributed by atoms with E-state index in [4.69, 9.17) is 0 Å². The molecule has 0 atom stereocenters. The number of carbonyl (C=O) groups is 1. The van der Waals surface area contributed by atoms with E-state index in [1.54, 1.807) is 11.9 Å². The molecule has 0 unspecified atom stereocenters. The predicted octanol–water partition coefficient (Wildman–Crippen LogP) is 3.73. The Labute approximate surface area is 131 Å². The monoisotopic (exact) mass is 386 g/mol. The molecule has 0 N–H and O–H groups in total. The molecule has 2 rings (SSSR count). The molecule has 5 heteroatoms. The number of nitriles is 1. The van der Waals surface area contributed by atoms with Crippen LogP contribution >= 0.6 is 22.6 Å². The Bertz CT molecular complexity index is 561. The van der Waals surface area contributed by atoms with Crippen molar-refractivity contribution in [2.75, 3.05) is 7.05 Å². The summed E-state index contributed by atoms with van der Waals surface area (Å²) in [6.45, 7) is 0. The van der Waals surface area contributed by atoms with E-state index >= 15 is 0 Å². The zero-order valence-corrected chi connectivity index (χ0v) is 13.5. The van der Waals surface area contributed by atoms with Crippen molar-refractivity contribution >= 4 is 28.5 Å². The summed E-state index contributed by atoms with van der Waals surface area (Å²) in [7, 11) is 1.68. The minimum Gasteiger partial charge on any atom is -0.323 e. The second-order valence-electron chi connectivity index (χ2n) is 5.19. The molecule has 0 heterocycles. The fraction of sp³-hybridized carbons (Fsp3) is 0.467. The number of carbonyl (C=O) groups excluding carboxylic acids is 1. The summed E-state index contributed by atoms with van der Waals surface area (Å²) in [6, 6.07) is 6.43. The van der Waals surface area contributed by atoms with Crippen molar-refractivity contribution in [2.45, 2.75) is 37.6 Å². The van der Waals surface area contributed by atoms with Crippen molar-refractivity contribution < 1.29 is 9.18 Å². The van der Waals surface area contributed by atoms with Gasteiger partial charge in [-0.1, -0.05) is 19.3 Å². The van der Waals surface area contributed by atoms with Gasteiger partial charge in [0.05, 0.1) is 11.6 Å². The van der Waals surface area contributed by atoms with E-state index in [1.165, 1.54) is 18.2 Å². The number of amides is 1. The average molecular weight is 386 g/mol. The SMILES string of the molecule is CN(C(=O)c1ccc(F)cc1I)C1(C#N)CCCCC1. The van der Waals surface area contributed by atoms with Gasteiger partial charge in [-0.25, -0.2) is 4.39 Å². The van der Waals surface area contributed by atoms with Crippen molar-refractivity contribution in [1.82, 2.24) is 4.90 Å². The van der Waals surface area contributed by atoms with Gasteiger partial charge in [-0.15, -0.1) is 0 Å². The molecule has 1 aromatic carbocycles.